The molecular weight excluding hydrogens is 334 g/mol. The molecule has 140 valence electrons. The van der Waals surface area contributed by atoms with E-state index in [0.717, 1.165) is 50.5 Å². The normalized spacial score (nSPS) is 17.0. The van der Waals surface area contributed by atoms with Gasteiger partial charge in [-0.1, -0.05) is 18.2 Å². The van der Waals surface area contributed by atoms with Gasteiger partial charge in [-0.15, -0.1) is 0 Å². The lowest BCUT2D eigenvalue weighted by molar-refractivity contribution is 0.354. The van der Waals surface area contributed by atoms with Gasteiger partial charge in [0.05, 0.1) is 0 Å². The van der Waals surface area contributed by atoms with Crippen molar-refractivity contribution in [3.63, 3.8) is 0 Å². The van der Waals surface area contributed by atoms with Crippen LogP contribution in [0.2, 0.25) is 0 Å². The van der Waals surface area contributed by atoms with Crippen LogP contribution < -0.4 is 20.3 Å². The summed E-state index contributed by atoms with van der Waals surface area (Å²) in [5.74, 6) is 0.930. The highest BCUT2D eigenvalue weighted by molar-refractivity contribution is 5.55. The van der Waals surface area contributed by atoms with Crippen LogP contribution >= 0.6 is 0 Å². The molecule has 4 rings (SSSR count). The van der Waals surface area contributed by atoms with Gasteiger partial charge < -0.3 is 20.3 Å². The molecule has 0 amide bonds. The summed E-state index contributed by atoms with van der Waals surface area (Å²) in [5, 5.41) is 0. The molecule has 1 aliphatic carbocycles. The van der Waals surface area contributed by atoms with Crippen LogP contribution in [0.25, 0.3) is 0 Å². The molecule has 2 aromatic carbocycles. The van der Waals surface area contributed by atoms with E-state index < -0.39 is 0 Å². The van der Waals surface area contributed by atoms with Gasteiger partial charge in [0.25, 0.3) is 0 Å². The number of piperazine rings is 1. The van der Waals surface area contributed by atoms with E-state index in [0.29, 0.717) is 6.61 Å². The summed E-state index contributed by atoms with van der Waals surface area (Å²) in [5.41, 5.74) is 10.4. The Morgan fingerprint density at radius 2 is 1.37 bits per heavy atom. The van der Waals surface area contributed by atoms with Crippen LogP contribution in [-0.4, -0.2) is 32.8 Å². The molecule has 1 aliphatic heterocycles. The molecule has 2 N–H and O–H groups in total. The molecule has 4 nitrogen and oxygen atoms in total. The Bertz CT molecular complexity index is 801. The highest BCUT2D eigenvalue weighted by atomic mass is 16.5. The Balaban J connectivity index is 1.30. The van der Waals surface area contributed by atoms with E-state index in [2.05, 4.69) is 64.4 Å². The van der Waals surface area contributed by atoms with Crippen molar-refractivity contribution in [3.8, 4) is 5.75 Å². The molecular formula is C23H27N3O. The van der Waals surface area contributed by atoms with Gasteiger partial charge in [0, 0.05) is 43.2 Å². The summed E-state index contributed by atoms with van der Waals surface area (Å²) < 4.78 is 5.92. The summed E-state index contributed by atoms with van der Waals surface area (Å²) in [7, 11) is 0. The van der Waals surface area contributed by atoms with Crippen LogP contribution in [0.3, 0.4) is 0 Å². The van der Waals surface area contributed by atoms with Crippen molar-refractivity contribution in [2.75, 3.05) is 48.3 Å². The molecule has 0 bridgehead atoms. The fraction of sp³-hybridized carbons (Fsp3) is 0.304. The van der Waals surface area contributed by atoms with E-state index in [9.17, 15) is 0 Å². The third-order valence-corrected chi connectivity index (χ3v) is 5.22. The summed E-state index contributed by atoms with van der Waals surface area (Å²) >= 11 is 0. The predicted octanol–water partition coefficient (Wildman–Crippen LogP) is 4.25. The number of rotatable bonds is 5. The second-order valence-electron chi connectivity index (χ2n) is 7.11. The second-order valence-corrected chi connectivity index (χ2v) is 7.11. The minimum absolute atomic E-state index is 0.649. The lowest BCUT2D eigenvalue weighted by Crippen LogP contribution is -2.46. The maximum Gasteiger partial charge on any atom is 0.119 e. The zero-order valence-electron chi connectivity index (χ0n) is 15.7. The van der Waals surface area contributed by atoms with Crippen molar-refractivity contribution in [3.05, 3.63) is 72.3 Å². The Hall–Kier alpha value is -2.88. The van der Waals surface area contributed by atoms with E-state index in [4.69, 9.17) is 10.5 Å². The number of nitrogen functional groups attached to an aromatic ring is 1. The Kier molecular flexibility index (Phi) is 5.33. The molecule has 2 aliphatic rings. The Morgan fingerprint density at radius 3 is 1.93 bits per heavy atom. The van der Waals surface area contributed by atoms with E-state index >= 15 is 0 Å². The molecule has 1 fully saturated rings. The average molecular weight is 361 g/mol. The molecule has 4 heteroatoms. The van der Waals surface area contributed by atoms with E-state index in [-0.39, 0.29) is 0 Å². The minimum atomic E-state index is 0.649. The number of hydrogen-bond acceptors (Lipinski definition) is 4. The number of nitrogens with two attached hydrogens (primary N) is 1. The second kappa shape index (κ2) is 8.21. The smallest absolute Gasteiger partial charge is 0.119 e. The van der Waals surface area contributed by atoms with Gasteiger partial charge >= 0.3 is 0 Å². The standard InChI is InChI=1S/C23H27N3O/c24-20-6-8-21(9-7-20)25-14-16-26(17-15-25)22-10-12-23(13-11-22)27-18-19-4-2-1-3-5-19/h2,4-13H,1,3,14-18,24H2. The Morgan fingerprint density at radius 1 is 0.778 bits per heavy atom. The van der Waals surface area contributed by atoms with Gasteiger partial charge in [0.15, 0.2) is 0 Å². The number of anilines is 3. The third kappa shape index (κ3) is 4.45. The topological polar surface area (TPSA) is 41.7 Å². The molecule has 0 saturated carbocycles. The molecule has 0 radical (unpaired) electrons. The fourth-order valence-corrected chi connectivity index (χ4v) is 3.60. The van der Waals surface area contributed by atoms with Gasteiger partial charge in [0.2, 0.25) is 0 Å². The Labute approximate surface area is 161 Å². The maximum absolute atomic E-state index is 5.92. The first-order valence-corrected chi connectivity index (χ1v) is 9.72. The van der Waals surface area contributed by atoms with Crippen LogP contribution in [0.5, 0.6) is 5.75 Å². The molecule has 2 aromatic rings. The van der Waals surface area contributed by atoms with Gasteiger partial charge in [-0.2, -0.15) is 0 Å². The maximum atomic E-state index is 5.92. The van der Waals surface area contributed by atoms with E-state index in [1.807, 2.05) is 12.1 Å². The molecule has 0 atom stereocenters. The zero-order chi connectivity index (χ0) is 18.5. The molecule has 0 aromatic heterocycles. The van der Waals surface area contributed by atoms with Crippen LogP contribution in [0.15, 0.2) is 72.3 Å². The van der Waals surface area contributed by atoms with E-state index in [1.54, 1.807) is 0 Å². The summed E-state index contributed by atoms with van der Waals surface area (Å²) in [6.07, 6.45) is 8.90. The van der Waals surface area contributed by atoms with Crippen LogP contribution in [0, 0.1) is 0 Å². The van der Waals surface area contributed by atoms with Gasteiger partial charge in [-0.25, -0.2) is 0 Å². The van der Waals surface area contributed by atoms with Gasteiger partial charge in [-0.05, 0) is 66.9 Å². The van der Waals surface area contributed by atoms with Crippen LogP contribution in [0.1, 0.15) is 12.8 Å². The van der Waals surface area contributed by atoms with Crippen LogP contribution in [-0.2, 0) is 0 Å². The van der Waals surface area contributed by atoms with Crippen LogP contribution in [0.4, 0.5) is 17.1 Å². The summed E-state index contributed by atoms with van der Waals surface area (Å²) in [6, 6.07) is 16.6. The SMILES string of the molecule is Nc1ccc(N2CCN(c3ccc(OCC4=CCCC=C4)cc3)CC2)cc1. The minimum Gasteiger partial charge on any atom is -0.489 e. The number of ether oxygens (including phenoxy) is 1. The monoisotopic (exact) mass is 361 g/mol. The van der Waals surface area contributed by atoms with Crippen molar-refractivity contribution < 1.29 is 4.74 Å². The van der Waals surface area contributed by atoms with Crippen molar-refractivity contribution in [1.82, 2.24) is 0 Å². The molecule has 0 spiro atoms. The number of benzene rings is 2. The predicted molar refractivity (Wildman–Crippen MR) is 114 cm³/mol. The molecule has 1 saturated heterocycles. The summed E-state index contributed by atoms with van der Waals surface area (Å²) in [4.78, 5) is 4.85. The first-order valence-electron chi connectivity index (χ1n) is 9.72. The van der Waals surface area contributed by atoms with Crippen molar-refractivity contribution in [2.24, 2.45) is 0 Å². The first kappa shape index (κ1) is 17.5. The van der Waals surface area contributed by atoms with Crippen molar-refractivity contribution in [2.45, 2.75) is 12.8 Å². The average Bonchev–Trinajstić information content (AvgIpc) is 2.74. The molecule has 27 heavy (non-hydrogen) atoms. The number of allylic oxidation sites excluding steroid dienone is 2. The third-order valence-electron chi connectivity index (χ3n) is 5.22. The molecule has 1 heterocycles. The zero-order valence-corrected chi connectivity index (χ0v) is 15.7. The van der Waals surface area contributed by atoms with Gasteiger partial charge in [0.1, 0.15) is 12.4 Å². The van der Waals surface area contributed by atoms with Gasteiger partial charge in [-0.3, -0.25) is 0 Å². The van der Waals surface area contributed by atoms with Crippen molar-refractivity contribution in [1.29, 1.82) is 0 Å². The number of hydrogen-bond donors (Lipinski definition) is 1. The largest absolute Gasteiger partial charge is 0.489 e. The lowest BCUT2D eigenvalue weighted by atomic mass is 10.1. The lowest BCUT2D eigenvalue weighted by Gasteiger charge is -2.37. The van der Waals surface area contributed by atoms with Crippen molar-refractivity contribution >= 4 is 17.1 Å². The quantitative estimate of drug-likeness (QED) is 0.809. The molecule has 0 unspecified atom stereocenters. The first-order chi connectivity index (χ1) is 13.3. The fourth-order valence-electron chi connectivity index (χ4n) is 3.60. The van der Waals surface area contributed by atoms with E-state index in [1.165, 1.54) is 16.9 Å². The highest BCUT2D eigenvalue weighted by Gasteiger charge is 2.17. The highest BCUT2D eigenvalue weighted by Crippen LogP contribution is 2.24. The summed E-state index contributed by atoms with van der Waals surface area (Å²) in [6.45, 7) is 4.71. The number of nitrogens with zero attached hydrogens (tertiary/aromatic N) is 2.